The van der Waals surface area contributed by atoms with Crippen LogP contribution in [0.5, 0.6) is 5.75 Å². The van der Waals surface area contributed by atoms with Crippen LogP contribution >= 0.6 is 12.4 Å². The van der Waals surface area contributed by atoms with Gasteiger partial charge in [-0.3, -0.25) is 9.59 Å². The predicted octanol–water partition coefficient (Wildman–Crippen LogP) is 1.65. The molecule has 1 aromatic carbocycles. The molecular weight excluding hydrogens is 342 g/mol. The second-order valence-electron chi connectivity index (χ2n) is 6.88. The van der Waals surface area contributed by atoms with Crippen LogP contribution in [-0.4, -0.2) is 41.0 Å². The topological polar surface area (TPSA) is 95.7 Å². The zero-order valence-electron chi connectivity index (χ0n) is 14.8. The van der Waals surface area contributed by atoms with Gasteiger partial charge in [-0.2, -0.15) is 0 Å². The predicted molar refractivity (Wildman–Crippen MR) is 99.3 cm³/mol. The number of carbonyl (C=O) groups is 2. The molecule has 0 aromatic heterocycles. The molecular formula is C18H28ClN3O3. The summed E-state index contributed by atoms with van der Waals surface area (Å²) < 4.78 is 0. The number of carbonyl (C=O) groups excluding carboxylic acids is 2. The molecule has 1 fully saturated rings. The van der Waals surface area contributed by atoms with Crippen molar-refractivity contribution < 1.29 is 14.7 Å². The molecule has 0 aliphatic heterocycles. The number of aromatic hydroxyl groups is 1. The Morgan fingerprint density at radius 3 is 2.60 bits per heavy atom. The van der Waals surface area contributed by atoms with Crippen molar-refractivity contribution in [2.24, 2.45) is 17.6 Å². The Morgan fingerprint density at radius 2 is 2.04 bits per heavy atom. The summed E-state index contributed by atoms with van der Waals surface area (Å²) >= 11 is 0. The lowest BCUT2D eigenvalue weighted by molar-refractivity contribution is -0.134. The number of amides is 2. The second-order valence-corrected chi connectivity index (χ2v) is 6.88. The third kappa shape index (κ3) is 6.92. The van der Waals surface area contributed by atoms with E-state index >= 15 is 0 Å². The third-order valence-corrected chi connectivity index (χ3v) is 4.25. The Morgan fingerprint density at radius 1 is 1.36 bits per heavy atom. The van der Waals surface area contributed by atoms with Crippen molar-refractivity contribution in [1.82, 2.24) is 10.2 Å². The van der Waals surface area contributed by atoms with Gasteiger partial charge in [-0.25, -0.2) is 0 Å². The first-order valence-corrected chi connectivity index (χ1v) is 8.45. The van der Waals surface area contributed by atoms with E-state index in [0.717, 1.165) is 18.4 Å². The molecule has 1 aliphatic rings. The highest BCUT2D eigenvalue weighted by Gasteiger charge is 2.27. The number of phenolic OH excluding ortho intramolecular Hbond substituents is 1. The van der Waals surface area contributed by atoms with E-state index in [1.54, 1.807) is 23.1 Å². The molecule has 0 heterocycles. The maximum atomic E-state index is 12.5. The Bertz CT molecular complexity index is 591. The monoisotopic (exact) mass is 369 g/mol. The summed E-state index contributed by atoms with van der Waals surface area (Å²) in [6.07, 6.45) is 2.27. The van der Waals surface area contributed by atoms with Gasteiger partial charge in [-0.1, -0.05) is 26.0 Å². The molecule has 7 heteroatoms. The van der Waals surface area contributed by atoms with E-state index < -0.39 is 6.04 Å². The minimum absolute atomic E-state index is 0. The first-order valence-electron chi connectivity index (χ1n) is 8.45. The highest BCUT2D eigenvalue weighted by molar-refractivity contribution is 5.87. The van der Waals surface area contributed by atoms with Gasteiger partial charge < -0.3 is 21.1 Å². The highest BCUT2D eigenvalue weighted by Crippen LogP contribution is 2.30. The SMILES string of the molecule is CC(C)[C@H](N)C(=O)NCC(=O)N(Cc1cccc(O)c1)CC1CC1.Cl. The summed E-state index contributed by atoms with van der Waals surface area (Å²) in [5, 5.41) is 12.2. The fourth-order valence-electron chi connectivity index (χ4n) is 2.44. The minimum atomic E-state index is -0.610. The summed E-state index contributed by atoms with van der Waals surface area (Å²) in [6, 6.07) is 6.28. The number of rotatable bonds is 8. The molecule has 1 aliphatic carbocycles. The Labute approximate surface area is 155 Å². The number of benzene rings is 1. The molecule has 0 bridgehead atoms. The van der Waals surface area contributed by atoms with Crippen LogP contribution in [0, 0.1) is 11.8 Å². The smallest absolute Gasteiger partial charge is 0.242 e. The van der Waals surface area contributed by atoms with Crippen LogP contribution in [-0.2, 0) is 16.1 Å². The maximum absolute atomic E-state index is 12.5. The van der Waals surface area contributed by atoms with Gasteiger partial charge in [0.05, 0.1) is 12.6 Å². The minimum Gasteiger partial charge on any atom is -0.508 e. The molecule has 140 valence electrons. The summed E-state index contributed by atoms with van der Waals surface area (Å²) in [5.41, 5.74) is 6.66. The number of hydrogen-bond donors (Lipinski definition) is 3. The van der Waals surface area contributed by atoms with Crippen molar-refractivity contribution in [3.8, 4) is 5.75 Å². The van der Waals surface area contributed by atoms with E-state index in [-0.39, 0.29) is 42.4 Å². The van der Waals surface area contributed by atoms with Crippen molar-refractivity contribution in [3.63, 3.8) is 0 Å². The van der Waals surface area contributed by atoms with Gasteiger partial charge in [0.25, 0.3) is 0 Å². The van der Waals surface area contributed by atoms with E-state index in [0.29, 0.717) is 19.0 Å². The van der Waals surface area contributed by atoms with E-state index in [1.807, 2.05) is 19.9 Å². The van der Waals surface area contributed by atoms with E-state index in [4.69, 9.17) is 5.73 Å². The number of halogens is 1. The summed E-state index contributed by atoms with van der Waals surface area (Å²) in [4.78, 5) is 26.2. The molecule has 4 N–H and O–H groups in total. The van der Waals surface area contributed by atoms with Gasteiger partial charge in [0, 0.05) is 13.1 Å². The lowest BCUT2D eigenvalue weighted by Crippen LogP contribution is -2.48. The Kier molecular flexibility index (Phi) is 8.19. The van der Waals surface area contributed by atoms with Crippen LogP contribution in [0.25, 0.3) is 0 Å². The Hall–Kier alpha value is -1.79. The van der Waals surface area contributed by atoms with Crippen molar-refractivity contribution in [3.05, 3.63) is 29.8 Å². The average molecular weight is 370 g/mol. The molecule has 1 saturated carbocycles. The second kappa shape index (κ2) is 9.63. The number of hydrogen-bond acceptors (Lipinski definition) is 4. The molecule has 1 atom stereocenters. The van der Waals surface area contributed by atoms with E-state index in [2.05, 4.69) is 5.32 Å². The van der Waals surface area contributed by atoms with Crippen LogP contribution in [0.2, 0.25) is 0 Å². The number of nitrogens with zero attached hydrogens (tertiary/aromatic N) is 1. The molecule has 0 spiro atoms. The first-order chi connectivity index (χ1) is 11.4. The number of phenols is 1. The number of nitrogens with two attached hydrogens (primary N) is 1. The molecule has 0 radical (unpaired) electrons. The van der Waals surface area contributed by atoms with Crippen molar-refractivity contribution in [2.75, 3.05) is 13.1 Å². The normalized spacial score (nSPS) is 14.6. The van der Waals surface area contributed by atoms with Gasteiger partial charge in [-0.15, -0.1) is 12.4 Å². The van der Waals surface area contributed by atoms with Crippen LogP contribution in [0.3, 0.4) is 0 Å². The zero-order chi connectivity index (χ0) is 17.7. The van der Waals surface area contributed by atoms with E-state index in [1.165, 1.54) is 0 Å². The van der Waals surface area contributed by atoms with E-state index in [9.17, 15) is 14.7 Å². The summed E-state index contributed by atoms with van der Waals surface area (Å²) in [7, 11) is 0. The lowest BCUT2D eigenvalue weighted by atomic mass is 10.1. The first kappa shape index (κ1) is 21.3. The molecule has 1 aromatic rings. The zero-order valence-corrected chi connectivity index (χ0v) is 15.6. The van der Waals surface area contributed by atoms with Crippen molar-refractivity contribution >= 4 is 24.2 Å². The van der Waals surface area contributed by atoms with Gasteiger partial charge in [0.1, 0.15) is 5.75 Å². The van der Waals surface area contributed by atoms with Gasteiger partial charge in [0.15, 0.2) is 0 Å². The fraction of sp³-hybridized carbons (Fsp3) is 0.556. The number of nitrogens with one attached hydrogen (secondary N) is 1. The quantitative estimate of drug-likeness (QED) is 0.649. The van der Waals surface area contributed by atoms with Gasteiger partial charge in [-0.05, 0) is 42.4 Å². The molecule has 25 heavy (non-hydrogen) atoms. The standard InChI is InChI=1S/C18H27N3O3.ClH/c1-12(2)17(19)18(24)20-9-16(23)21(10-13-6-7-13)11-14-4-3-5-15(22)8-14;/h3-5,8,12-13,17,22H,6-7,9-11,19H2,1-2H3,(H,20,24);1H/t17-;/m0./s1. The Balaban J connectivity index is 0.00000312. The lowest BCUT2D eigenvalue weighted by Gasteiger charge is -2.24. The highest BCUT2D eigenvalue weighted by atomic mass is 35.5. The van der Waals surface area contributed by atoms with Crippen molar-refractivity contribution in [1.29, 1.82) is 0 Å². The summed E-state index contributed by atoms with van der Waals surface area (Å²) in [6.45, 7) is 4.79. The van der Waals surface area contributed by atoms with Crippen molar-refractivity contribution in [2.45, 2.75) is 39.3 Å². The largest absolute Gasteiger partial charge is 0.508 e. The molecule has 2 rings (SSSR count). The van der Waals surface area contributed by atoms with Gasteiger partial charge >= 0.3 is 0 Å². The van der Waals surface area contributed by atoms with Crippen LogP contribution in [0.4, 0.5) is 0 Å². The molecule has 0 unspecified atom stereocenters. The third-order valence-electron chi connectivity index (χ3n) is 4.25. The fourth-order valence-corrected chi connectivity index (χ4v) is 2.44. The maximum Gasteiger partial charge on any atom is 0.242 e. The molecule has 6 nitrogen and oxygen atoms in total. The molecule has 0 saturated heterocycles. The average Bonchev–Trinajstić information content (AvgIpc) is 3.34. The van der Waals surface area contributed by atoms with Gasteiger partial charge in [0.2, 0.25) is 11.8 Å². The van der Waals surface area contributed by atoms with Crippen LogP contribution in [0.15, 0.2) is 24.3 Å². The molecule has 2 amide bonds. The van der Waals surface area contributed by atoms with Crippen LogP contribution < -0.4 is 11.1 Å². The summed E-state index contributed by atoms with van der Waals surface area (Å²) in [5.74, 6) is 0.314. The van der Waals surface area contributed by atoms with Crippen LogP contribution in [0.1, 0.15) is 32.3 Å².